The zero-order chi connectivity index (χ0) is 14.8. The third-order valence-electron chi connectivity index (χ3n) is 2.89. The molecular weight excluding hydrogens is 354 g/mol. The van der Waals surface area contributed by atoms with Crippen LogP contribution < -0.4 is 4.74 Å². The fraction of sp³-hybridized carbons (Fsp3) is 0.0667. The summed E-state index contributed by atoms with van der Waals surface area (Å²) in [4.78, 5) is 4.15. The van der Waals surface area contributed by atoms with Gasteiger partial charge in [-0.1, -0.05) is 41.9 Å². The number of hydrogen-bond donors (Lipinski definition) is 0. The van der Waals surface area contributed by atoms with Gasteiger partial charge in [-0.2, -0.15) is 5.10 Å². The molecule has 0 atom stereocenters. The molecule has 0 bridgehead atoms. The Morgan fingerprint density at radius 1 is 1.14 bits per heavy atom. The lowest BCUT2D eigenvalue weighted by molar-refractivity contribution is 0.413. The quantitative estimate of drug-likeness (QED) is 0.633. The van der Waals surface area contributed by atoms with Gasteiger partial charge in [-0.15, -0.1) is 0 Å². The molecule has 0 saturated carbocycles. The number of halogens is 2. The molecule has 106 valence electrons. The Bertz CT molecular complexity index is 774. The van der Waals surface area contributed by atoms with Crippen LogP contribution in [0, 0.1) is 0 Å². The molecule has 0 unspecified atom stereocenters. The standard InChI is InChI=1S/C15H11BrClN3O/c1-20-14(21-15-11(16)7-8-13(17)18-15)9-12(19-20)10-5-3-2-4-6-10/h2-9H,1H3. The summed E-state index contributed by atoms with van der Waals surface area (Å²) in [6.07, 6.45) is 0. The lowest BCUT2D eigenvalue weighted by Gasteiger charge is -2.06. The van der Waals surface area contributed by atoms with Gasteiger partial charge in [0.2, 0.25) is 11.8 Å². The average molecular weight is 365 g/mol. The summed E-state index contributed by atoms with van der Waals surface area (Å²) < 4.78 is 8.18. The van der Waals surface area contributed by atoms with E-state index in [9.17, 15) is 0 Å². The number of hydrogen-bond acceptors (Lipinski definition) is 3. The van der Waals surface area contributed by atoms with Gasteiger partial charge in [-0.25, -0.2) is 9.67 Å². The van der Waals surface area contributed by atoms with Crippen molar-refractivity contribution < 1.29 is 4.74 Å². The van der Waals surface area contributed by atoms with Gasteiger partial charge >= 0.3 is 0 Å². The first-order valence-corrected chi connectivity index (χ1v) is 7.40. The van der Waals surface area contributed by atoms with Crippen LogP contribution in [0.3, 0.4) is 0 Å². The summed E-state index contributed by atoms with van der Waals surface area (Å²) in [6, 6.07) is 15.3. The Kier molecular flexibility index (Phi) is 3.94. The maximum atomic E-state index is 5.89. The molecule has 3 aromatic rings. The highest BCUT2D eigenvalue weighted by Crippen LogP contribution is 2.30. The second-order valence-corrected chi connectivity index (χ2v) is 5.62. The molecule has 0 N–H and O–H groups in total. The smallest absolute Gasteiger partial charge is 0.237 e. The van der Waals surface area contributed by atoms with Gasteiger partial charge in [-0.05, 0) is 28.1 Å². The van der Waals surface area contributed by atoms with Crippen molar-refractivity contribution in [3.8, 4) is 23.0 Å². The number of aromatic nitrogens is 3. The highest BCUT2D eigenvalue weighted by molar-refractivity contribution is 9.10. The van der Waals surface area contributed by atoms with Crippen molar-refractivity contribution in [1.29, 1.82) is 0 Å². The van der Waals surface area contributed by atoms with Crippen LogP contribution in [-0.2, 0) is 7.05 Å². The molecule has 2 aromatic heterocycles. The first kappa shape index (κ1) is 14.1. The summed E-state index contributed by atoms with van der Waals surface area (Å²) in [7, 11) is 1.82. The van der Waals surface area contributed by atoms with E-state index in [1.54, 1.807) is 16.8 Å². The fourth-order valence-corrected chi connectivity index (χ4v) is 2.31. The van der Waals surface area contributed by atoms with E-state index >= 15 is 0 Å². The zero-order valence-corrected chi connectivity index (χ0v) is 13.5. The maximum Gasteiger partial charge on any atom is 0.237 e. The average Bonchev–Trinajstić information content (AvgIpc) is 2.85. The van der Waals surface area contributed by atoms with E-state index in [4.69, 9.17) is 16.3 Å². The Labute approximate surface area is 135 Å². The predicted molar refractivity (Wildman–Crippen MR) is 85.7 cm³/mol. The molecule has 0 fully saturated rings. The number of aryl methyl sites for hydroxylation is 1. The summed E-state index contributed by atoms with van der Waals surface area (Å²) in [6.45, 7) is 0. The fourth-order valence-electron chi connectivity index (χ4n) is 1.87. The van der Waals surface area contributed by atoms with Gasteiger partial charge in [0.05, 0.1) is 10.2 Å². The van der Waals surface area contributed by atoms with Crippen LogP contribution in [0.1, 0.15) is 0 Å². The third kappa shape index (κ3) is 3.09. The minimum atomic E-state index is 0.374. The normalized spacial score (nSPS) is 10.6. The van der Waals surface area contributed by atoms with E-state index < -0.39 is 0 Å². The SMILES string of the molecule is Cn1nc(-c2ccccc2)cc1Oc1nc(Cl)ccc1Br. The predicted octanol–water partition coefficient (Wildman–Crippen LogP) is 4.69. The number of nitrogens with zero attached hydrogens (tertiary/aromatic N) is 3. The molecule has 4 nitrogen and oxygen atoms in total. The Morgan fingerprint density at radius 2 is 1.90 bits per heavy atom. The monoisotopic (exact) mass is 363 g/mol. The Morgan fingerprint density at radius 3 is 2.67 bits per heavy atom. The topological polar surface area (TPSA) is 39.9 Å². The molecule has 0 aliphatic carbocycles. The van der Waals surface area contributed by atoms with E-state index in [-0.39, 0.29) is 0 Å². The summed E-state index contributed by atoms with van der Waals surface area (Å²) in [5.41, 5.74) is 1.87. The third-order valence-corrected chi connectivity index (χ3v) is 3.70. The van der Waals surface area contributed by atoms with E-state index in [2.05, 4.69) is 26.0 Å². The molecule has 6 heteroatoms. The van der Waals surface area contributed by atoms with Gasteiger partial charge in [0.15, 0.2) is 0 Å². The van der Waals surface area contributed by atoms with Crippen molar-refractivity contribution in [3.63, 3.8) is 0 Å². The van der Waals surface area contributed by atoms with Crippen molar-refractivity contribution >= 4 is 27.5 Å². The van der Waals surface area contributed by atoms with Crippen molar-refractivity contribution in [2.24, 2.45) is 7.05 Å². The molecule has 0 aliphatic rings. The van der Waals surface area contributed by atoms with Crippen molar-refractivity contribution in [2.75, 3.05) is 0 Å². The molecule has 0 amide bonds. The second kappa shape index (κ2) is 5.87. The van der Waals surface area contributed by atoms with Gasteiger partial charge in [0.25, 0.3) is 0 Å². The molecule has 0 saturated heterocycles. The van der Waals surface area contributed by atoms with Crippen molar-refractivity contribution in [3.05, 3.63) is 58.2 Å². The molecule has 0 radical (unpaired) electrons. The largest absolute Gasteiger partial charge is 0.420 e. The van der Waals surface area contributed by atoms with Crippen LogP contribution in [0.2, 0.25) is 5.15 Å². The number of benzene rings is 1. The summed E-state index contributed by atoms with van der Waals surface area (Å²) in [5.74, 6) is 0.995. The van der Waals surface area contributed by atoms with E-state index in [0.717, 1.165) is 15.7 Å². The van der Waals surface area contributed by atoms with Gasteiger partial charge in [0.1, 0.15) is 5.15 Å². The minimum absolute atomic E-state index is 0.374. The number of pyridine rings is 1. The van der Waals surface area contributed by atoms with Gasteiger partial charge < -0.3 is 4.74 Å². The molecule has 2 heterocycles. The second-order valence-electron chi connectivity index (χ2n) is 4.38. The van der Waals surface area contributed by atoms with E-state index in [1.165, 1.54) is 0 Å². The van der Waals surface area contributed by atoms with E-state index in [1.807, 2.05) is 43.4 Å². The number of rotatable bonds is 3. The highest BCUT2D eigenvalue weighted by Gasteiger charge is 2.12. The summed E-state index contributed by atoms with van der Waals surface area (Å²) >= 11 is 9.28. The number of ether oxygens (including phenoxy) is 1. The van der Waals surface area contributed by atoms with Crippen LogP contribution in [0.5, 0.6) is 11.8 Å². The van der Waals surface area contributed by atoms with Crippen molar-refractivity contribution in [1.82, 2.24) is 14.8 Å². The van der Waals surface area contributed by atoms with Crippen LogP contribution in [0.15, 0.2) is 53.0 Å². The first-order valence-electron chi connectivity index (χ1n) is 6.23. The maximum absolute atomic E-state index is 5.89. The lowest BCUT2D eigenvalue weighted by atomic mass is 10.2. The molecule has 21 heavy (non-hydrogen) atoms. The zero-order valence-electron chi connectivity index (χ0n) is 11.1. The molecular formula is C15H11BrClN3O. The highest BCUT2D eigenvalue weighted by atomic mass is 79.9. The van der Waals surface area contributed by atoms with Crippen LogP contribution in [0.4, 0.5) is 0 Å². The first-order chi connectivity index (χ1) is 10.1. The Hall–Kier alpha value is -1.85. The van der Waals surface area contributed by atoms with Gasteiger partial charge in [0, 0.05) is 18.7 Å². The summed E-state index contributed by atoms with van der Waals surface area (Å²) in [5, 5.41) is 4.82. The van der Waals surface area contributed by atoms with Crippen LogP contribution >= 0.6 is 27.5 Å². The molecule has 3 rings (SSSR count). The Balaban J connectivity index is 1.93. The lowest BCUT2D eigenvalue weighted by Crippen LogP contribution is -1.97. The molecule has 0 spiro atoms. The molecule has 0 aliphatic heterocycles. The van der Waals surface area contributed by atoms with Crippen LogP contribution in [-0.4, -0.2) is 14.8 Å². The van der Waals surface area contributed by atoms with E-state index in [0.29, 0.717) is 16.9 Å². The van der Waals surface area contributed by atoms with Crippen LogP contribution in [0.25, 0.3) is 11.3 Å². The minimum Gasteiger partial charge on any atom is -0.420 e. The molecule has 1 aromatic carbocycles. The van der Waals surface area contributed by atoms with Crippen molar-refractivity contribution in [2.45, 2.75) is 0 Å². The van der Waals surface area contributed by atoms with Gasteiger partial charge in [-0.3, -0.25) is 0 Å².